The summed E-state index contributed by atoms with van der Waals surface area (Å²) in [6, 6.07) is 16.2. The Labute approximate surface area is 205 Å². The Morgan fingerprint density at radius 3 is 2.11 bits per heavy atom. The van der Waals surface area contributed by atoms with Crippen molar-refractivity contribution in [2.24, 2.45) is 11.8 Å². The van der Waals surface area contributed by atoms with Crippen LogP contribution in [0.1, 0.15) is 55.6 Å². The van der Waals surface area contributed by atoms with Crippen LogP contribution in [0.5, 0.6) is 0 Å². The molecule has 184 valence electrons. The number of carboxylic acids is 1. The molecule has 1 aliphatic heterocycles. The van der Waals surface area contributed by atoms with Gasteiger partial charge in [-0.1, -0.05) is 48.5 Å². The molecule has 3 aliphatic rings. The fraction of sp³-hybridized carbons (Fsp3) is 0.464. The number of hydrogen-bond donors (Lipinski definition) is 2. The first-order chi connectivity index (χ1) is 17.0. The highest BCUT2D eigenvalue weighted by Gasteiger charge is 2.36. The summed E-state index contributed by atoms with van der Waals surface area (Å²) in [4.78, 5) is 38.4. The first-order valence-electron chi connectivity index (χ1n) is 12.6. The highest BCUT2D eigenvalue weighted by atomic mass is 16.5. The Bertz CT molecular complexity index is 1060. The summed E-state index contributed by atoms with van der Waals surface area (Å²) in [5.74, 6) is -0.314. The normalized spacial score (nSPS) is 18.5. The standard InChI is InChI=1S/C28H32N2O5/c31-26(30-13-11-18(12-14-30)15-27(32)33)16-25(19-9-10-19)29-28(34)35-17-24-22-7-3-1-5-20(22)21-6-2-4-8-23(21)24/h1-8,18-19,24-25H,9-17H2,(H,29,34)(H,32,33). The van der Waals surface area contributed by atoms with Crippen LogP contribution in [0.25, 0.3) is 11.1 Å². The van der Waals surface area contributed by atoms with Crippen LogP contribution < -0.4 is 5.32 Å². The fourth-order valence-corrected chi connectivity index (χ4v) is 5.58. The van der Waals surface area contributed by atoms with Crippen molar-refractivity contribution in [2.75, 3.05) is 19.7 Å². The van der Waals surface area contributed by atoms with Crippen molar-refractivity contribution in [3.05, 3.63) is 59.7 Å². The van der Waals surface area contributed by atoms with Crippen LogP contribution >= 0.6 is 0 Å². The van der Waals surface area contributed by atoms with Gasteiger partial charge in [0.25, 0.3) is 0 Å². The Hall–Kier alpha value is -3.35. The molecule has 2 fully saturated rings. The van der Waals surface area contributed by atoms with Crippen LogP contribution in [0.3, 0.4) is 0 Å². The minimum Gasteiger partial charge on any atom is -0.481 e. The van der Waals surface area contributed by atoms with Crippen molar-refractivity contribution >= 4 is 18.0 Å². The molecule has 0 spiro atoms. The molecule has 1 heterocycles. The number of hydrogen-bond acceptors (Lipinski definition) is 4. The maximum absolute atomic E-state index is 12.9. The number of nitrogens with zero attached hydrogens (tertiary/aromatic N) is 1. The number of likely N-dealkylation sites (tertiary alicyclic amines) is 1. The fourth-order valence-electron chi connectivity index (χ4n) is 5.58. The van der Waals surface area contributed by atoms with E-state index in [2.05, 4.69) is 29.6 Å². The third-order valence-corrected chi connectivity index (χ3v) is 7.66. The van der Waals surface area contributed by atoms with E-state index in [1.54, 1.807) is 0 Å². The van der Waals surface area contributed by atoms with Crippen molar-refractivity contribution in [2.45, 2.75) is 50.5 Å². The SMILES string of the molecule is O=C(O)CC1CCN(C(=O)CC(NC(=O)OCC2c3ccccc3-c3ccccc32)C2CC2)CC1. The smallest absolute Gasteiger partial charge is 0.407 e. The average Bonchev–Trinajstić information content (AvgIpc) is 3.65. The van der Waals surface area contributed by atoms with Gasteiger partial charge < -0.3 is 20.1 Å². The lowest BCUT2D eigenvalue weighted by molar-refractivity contribution is -0.138. The molecular weight excluding hydrogens is 444 g/mol. The predicted molar refractivity (Wildman–Crippen MR) is 131 cm³/mol. The number of alkyl carbamates (subject to hydrolysis) is 1. The van der Waals surface area contributed by atoms with Gasteiger partial charge >= 0.3 is 12.1 Å². The second-order valence-corrected chi connectivity index (χ2v) is 10.0. The number of aliphatic carboxylic acids is 1. The van der Waals surface area contributed by atoms with E-state index in [9.17, 15) is 14.4 Å². The number of piperidine rings is 1. The maximum Gasteiger partial charge on any atom is 0.407 e. The van der Waals surface area contributed by atoms with E-state index in [0.29, 0.717) is 31.8 Å². The second kappa shape index (κ2) is 10.1. The van der Waals surface area contributed by atoms with E-state index >= 15 is 0 Å². The molecule has 7 heteroatoms. The second-order valence-electron chi connectivity index (χ2n) is 10.0. The van der Waals surface area contributed by atoms with E-state index in [1.807, 2.05) is 29.2 Å². The summed E-state index contributed by atoms with van der Waals surface area (Å²) < 4.78 is 5.70. The van der Waals surface area contributed by atoms with Gasteiger partial charge in [0.1, 0.15) is 6.61 Å². The molecular formula is C28H32N2O5. The Morgan fingerprint density at radius 1 is 0.943 bits per heavy atom. The number of ether oxygens (including phenoxy) is 1. The van der Waals surface area contributed by atoms with E-state index in [1.165, 1.54) is 22.3 Å². The van der Waals surface area contributed by atoms with Crippen LogP contribution in [-0.4, -0.2) is 53.7 Å². The third kappa shape index (κ3) is 5.34. The molecule has 0 bridgehead atoms. The molecule has 5 rings (SSSR count). The predicted octanol–water partition coefficient (Wildman–Crippen LogP) is 4.41. The number of carboxylic acid groups (broad SMARTS) is 1. The summed E-state index contributed by atoms with van der Waals surface area (Å²) >= 11 is 0. The van der Waals surface area contributed by atoms with Crippen LogP contribution in [0.4, 0.5) is 4.79 Å². The largest absolute Gasteiger partial charge is 0.481 e. The minimum atomic E-state index is -0.782. The number of fused-ring (bicyclic) bond motifs is 3. The average molecular weight is 477 g/mol. The number of carbonyl (C=O) groups is 3. The molecule has 1 unspecified atom stereocenters. The summed E-state index contributed by atoms with van der Waals surface area (Å²) in [5, 5.41) is 12.0. The van der Waals surface area contributed by atoms with Gasteiger partial charge in [0, 0.05) is 37.9 Å². The Balaban J connectivity index is 1.15. The molecule has 0 radical (unpaired) electrons. The Morgan fingerprint density at radius 2 is 1.54 bits per heavy atom. The number of carbonyl (C=O) groups excluding carboxylic acids is 2. The first kappa shape index (κ1) is 23.4. The van der Waals surface area contributed by atoms with Gasteiger partial charge in [-0.25, -0.2) is 4.79 Å². The van der Waals surface area contributed by atoms with E-state index in [-0.39, 0.29) is 43.2 Å². The molecule has 2 aliphatic carbocycles. The van der Waals surface area contributed by atoms with Crippen molar-refractivity contribution in [1.29, 1.82) is 0 Å². The summed E-state index contributed by atoms with van der Waals surface area (Å²) in [6.45, 7) is 1.42. The Kier molecular flexibility index (Phi) is 6.75. The molecule has 2 N–H and O–H groups in total. The van der Waals surface area contributed by atoms with E-state index in [0.717, 1.165) is 12.8 Å². The highest BCUT2D eigenvalue weighted by molar-refractivity contribution is 5.80. The third-order valence-electron chi connectivity index (χ3n) is 7.66. The quantitative estimate of drug-likeness (QED) is 0.589. The van der Waals surface area contributed by atoms with Crippen LogP contribution in [-0.2, 0) is 14.3 Å². The zero-order valence-corrected chi connectivity index (χ0v) is 19.8. The van der Waals surface area contributed by atoms with Crippen molar-refractivity contribution in [3.63, 3.8) is 0 Å². The van der Waals surface area contributed by atoms with Crippen LogP contribution in [0, 0.1) is 11.8 Å². The monoisotopic (exact) mass is 476 g/mol. The van der Waals surface area contributed by atoms with Gasteiger partial charge in [0.2, 0.25) is 5.91 Å². The van der Waals surface area contributed by atoms with E-state index < -0.39 is 12.1 Å². The molecule has 2 aromatic carbocycles. The molecule has 2 aromatic rings. The lowest BCUT2D eigenvalue weighted by Gasteiger charge is -2.32. The molecule has 1 saturated carbocycles. The van der Waals surface area contributed by atoms with Crippen molar-refractivity contribution < 1.29 is 24.2 Å². The summed E-state index contributed by atoms with van der Waals surface area (Å²) in [7, 11) is 0. The molecule has 1 saturated heterocycles. The summed E-state index contributed by atoms with van der Waals surface area (Å²) in [5.41, 5.74) is 4.71. The van der Waals surface area contributed by atoms with Crippen LogP contribution in [0.2, 0.25) is 0 Å². The van der Waals surface area contributed by atoms with Gasteiger partial charge in [-0.05, 0) is 59.8 Å². The van der Waals surface area contributed by atoms with Gasteiger partial charge in [-0.15, -0.1) is 0 Å². The van der Waals surface area contributed by atoms with E-state index in [4.69, 9.17) is 9.84 Å². The van der Waals surface area contributed by atoms with Gasteiger partial charge in [-0.2, -0.15) is 0 Å². The van der Waals surface area contributed by atoms with Gasteiger partial charge in [0.15, 0.2) is 0 Å². The van der Waals surface area contributed by atoms with Crippen molar-refractivity contribution in [1.82, 2.24) is 10.2 Å². The lowest BCUT2D eigenvalue weighted by Crippen LogP contribution is -2.44. The van der Waals surface area contributed by atoms with Crippen LogP contribution in [0.15, 0.2) is 48.5 Å². The number of amides is 2. The lowest BCUT2D eigenvalue weighted by atomic mass is 9.93. The maximum atomic E-state index is 12.9. The highest BCUT2D eigenvalue weighted by Crippen LogP contribution is 2.44. The topological polar surface area (TPSA) is 95.9 Å². The molecule has 35 heavy (non-hydrogen) atoms. The minimum absolute atomic E-state index is 0.00116. The van der Waals surface area contributed by atoms with Gasteiger partial charge in [-0.3, -0.25) is 9.59 Å². The number of nitrogens with one attached hydrogen (secondary N) is 1. The number of benzene rings is 2. The molecule has 2 amide bonds. The molecule has 1 atom stereocenters. The molecule has 0 aromatic heterocycles. The zero-order chi connectivity index (χ0) is 24.4. The van der Waals surface area contributed by atoms with Gasteiger partial charge in [0.05, 0.1) is 0 Å². The number of rotatable bonds is 8. The first-order valence-corrected chi connectivity index (χ1v) is 12.6. The van der Waals surface area contributed by atoms with Crippen molar-refractivity contribution in [3.8, 4) is 11.1 Å². The molecule has 7 nitrogen and oxygen atoms in total. The summed E-state index contributed by atoms with van der Waals surface area (Å²) in [6.07, 6.45) is 3.38. The zero-order valence-electron chi connectivity index (χ0n) is 19.8.